The molecule has 162 valence electrons. The first-order valence-corrected chi connectivity index (χ1v) is 13.0. The van der Waals surface area contributed by atoms with Gasteiger partial charge in [-0.05, 0) is 110 Å². The Morgan fingerprint density at radius 1 is 0.821 bits per heavy atom. The van der Waals surface area contributed by atoms with Crippen molar-refractivity contribution in [3.63, 3.8) is 0 Å². The molecule has 28 heavy (non-hydrogen) atoms. The lowest BCUT2D eigenvalue weighted by Gasteiger charge is -2.61. The highest BCUT2D eigenvalue weighted by Gasteiger charge is 2.60. The molecule has 1 unspecified atom stereocenters. The molecular weight excluding hydrogens is 338 g/mol. The highest BCUT2D eigenvalue weighted by molar-refractivity contribution is 5.09. The molecule has 4 aliphatic carbocycles. The van der Waals surface area contributed by atoms with Crippen molar-refractivity contribution in [2.24, 2.45) is 58.0 Å². The van der Waals surface area contributed by atoms with E-state index in [-0.39, 0.29) is 0 Å². The number of hydrogen-bond donors (Lipinski definition) is 1. The van der Waals surface area contributed by atoms with Gasteiger partial charge in [0.15, 0.2) is 0 Å². The molecule has 0 aromatic carbocycles. The van der Waals surface area contributed by atoms with E-state index >= 15 is 0 Å². The number of fused-ring (bicyclic) bond motifs is 5. The Morgan fingerprint density at radius 2 is 1.54 bits per heavy atom. The zero-order valence-corrected chi connectivity index (χ0v) is 19.7. The van der Waals surface area contributed by atoms with Gasteiger partial charge in [-0.25, -0.2) is 0 Å². The van der Waals surface area contributed by atoms with Gasteiger partial charge in [-0.3, -0.25) is 0 Å². The summed E-state index contributed by atoms with van der Waals surface area (Å²) < 4.78 is 0. The van der Waals surface area contributed by atoms with E-state index in [1.165, 1.54) is 77.0 Å². The van der Waals surface area contributed by atoms with E-state index < -0.39 is 0 Å². The average Bonchev–Trinajstić information content (AvgIpc) is 2.99. The van der Waals surface area contributed by atoms with Gasteiger partial charge in [0.25, 0.3) is 0 Å². The van der Waals surface area contributed by atoms with Gasteiger partial charge in [-0.1, -0.05) is 53.9 Å². The standard InChI is InChI=1S/C27H49N/c1-18(2)7-6-8-19(3)23-11-12-24-22-10-9-20-17-21(28)13-15-26(20,4)25(22)14-16-27(23,24)5/h18-25H,6-17,28H2,1-5H3/t19?,20-,21+,22-,23+,24-,25-,26-,27+/m0/s1. The van der Waals surface area contributed by atoms with Gasteiger partial charge in [-0.2, -0.15) is 0 Å². The van der Waals surface area contributed by atoms with Crippen LogP contribution in [0.5, 0.6) is 0 Å². The van der Waals surface area contributed by atoms with Gasteiger partial charge >= 0.3 is 0 Å². The number of hydrogen-bond acceptors (Lipinski definition) is 1. The summed E-state index contributed by atoms with van der Waals surface area (Å²) in [5, 5.41) is 0. The largest absolute Gasteiger partial charge is 0.328 e. The van der Waals surface area contributed by atoms with Crippen molar-refractivity contribution in [2.75, 3.05) is 0 Å². The summed E-state index contributed by atoms with van der Waals surface area (Å²) in [5.74, 6) is 6.79. The first-order chi connectivity index (χ1) is 13.3. The van der Waals surface area contributed by atoms with Gasteiger partial charge in [-0.15, -0.1) is 0 Å². The van der Waals surface area contributed by atoms with Gasteiger partial charge in [0, 0.05) is 6.04 Å². The van der Waals surface area contributed by atoms with Gasteiger partial charge in [0.05, 0.1) is 0 Å². The molecule has 4 saturated carbocycles. The lowest BCUT2D eigenvalue weighted by atomic mass is 9.44. The Balaban J connectivity index is 1.46. The van der Waals surface area contributed by atoms with Gasteiger partial charge < -0.3 is 5.73 Å². The highest BCUT2D eigenvalue weighted by atomic mass is 14.7. The predicted molar refractivity (Wildman–Crippen MR) is 121 cm³/mol. The second kappa shape index (κ2) is 7.90. The molecule has 0 aromatic rings. The Hall–Kier alpha value is -0.0400. The summed E-state index contributed by atoms with van der Waals surface area (Å²) in [6.07, 6.45) is 17.5. The Labute approximate surface area is 176 Å². The van der Waals surface area contributed by atoms with Crippen LogP contribution in [0.25, 0.3) is 0 Å². The van der Waals surface area contributed by atoms with Crippen LogP contribution >= 0.6 is 0 Å². The monoisotopic (exact) mass is 387 g/mol. The normalized spacial score (nSPS) is 49.4. The van der Waals surface area contributed by atoms with Crippen molar-refractivity contribution < 1.29 is 0 Å². The van der Waals surface area contributed by atoms with Crippen LogP contribution in [-0.4, -0.2) is 6.04 Å². The molecule has 4 fully saturated rings. The van der Waals surface area contributed by atoms with Gasteiger partial charge in [0.2, 0.25) is 0 Å². The SMILES string of the molecule is CC(C)CCCC(C)[C@H]1CC[C@H]2[C@@H]3CC[C@H]4C[C@H](N)CC[C@]4(C)[C@H]3CC[C@]12C. The second-order valence-electron chi connectivity index (χ2n) is 12.7. The zero-order valence-electron chi connectivity index (χ0n) is 19.7. The molecule has 1 heteroatoms. The minimum atomic E-state index is 0.492. The molecule has 1 nitrogen and oxygen atoms in total. The smallest absolute Gasteiger partial charge is 0.00418 e. The summed E-state index contributed by atoms with van der Waals surface area (Å²) in [5.41, 5.74) is 7.64. The van der Waals surface area contributed by atoms with Crippen LogP contribution in [0.15, 0.2) is 0 Å². The Bertz CT molecular complexity index is 540. The second-order valence-corrected chi connectivity index (χ2v) is 12.7. The van der Waals surface area contributed by atoms with Crippen molar-refractivity contribution in [3.05, 3.63) is 0 Å². The van der Waals surface area contributed by atoms with E-state index in [0.29, 0.717) is 16.9 Å². The summed E-state index contributed by atoms with van der Waals surface area (Å²) in [7, 11) is 0. The molecule has 0 amide bonds. The Morgan fingerprint density at radius 3 is 2.29 bits per heavy atom. The molecule has 0 spiro atoms. The molecule has 4 aliphatic rings. The molecule has 0 saturated heterocycles. The fourth-order valence-electron chi connectivity index (χ4n) is 9.32. The van der Waals surface area contributed by atoms with E-state index in [9.17, 15) is 0 Å². The first kappa shape index (κ1) is 21.2. The van der Waals surface area contributed by atoms with Crippen LogP contribution in [-0.2, 0) is 0 Å². The molecule has 0 aromatic heterocycles. The van der Waals surface area contributed by atoms with Crippen molar-refractivity contribution in [1.82, 2.24) is 0 Å². The summed E-state index contributed by atoms with van der Waals surface area (Å²) in [6, 6.07) is 0.492. The van der Waals surface area contributed by atoms with Crippen LogP contribution in [0.4, 0.5) is 0 Å². The lowest BCUT2D eigenvalue weighted by Crippen LogP contribution is -2.54. The maximum atomic E-state index is 6.39. The minimum Gasteiger partial charge on any atom is -0.328 e. The highest BCUT2D eigenvalue weighted by Crippen LogP contribution is 2.68. The average molecular weight is 388 g/mol. The third-order valence-electron chi connectivity index (χ3n) is 10.9. The summed E-state index contributed by atoms with van der Waals surface area (Å²) in [4.78, 5) is 0. The lowest BCUT2D eigenvalue weighted by molar-refractivity contribution is -0.116. The van der Waals surface area contributed by atoms with Crippen molar-refractivity contribution in [1.29, 1.82) is 0 Å². The molecule has 0 aliphatic heterocycles. The summed E-state index contributed by atoms with van der Waals surface area (Å²) in [6.45, 7) is 12.8. The quantitative estimate of drug-likeness (QED) is 0.521. The van der Waals surface area contributed by atoms with Crippen LogP contribution in [0.2, 0.25) is 0 Å². The van der Waals surface area contributed by atoms with E-state index in [2.05, 4.69) is 34.6 Å². The van der Waals surface area contributed by atoms with Crippen LogP contribution < -0.4 is 5.73 Å². The molecule has 9 atom stereocenters. The number of rotatable bonds is 5. The first-order valence-electron chi connectivity index (χ1n) is 13.0. The number of nitrogens with two attached hydrogens (primary N) is 1. The third kappa shape index (κ3) is 3.50. The van der Waals surface area contributed by atoms with E-state index in [1.54, 1.807) is 0 Å². The van der Waals surface area contributed by atoms with Crippen LogP contribution in [0, 0.1) is 52.3 Å². The van der Waals surface area contributed by atoms with Crippen LogP contribution in [0.3, 0.4) is 0 Å². The van der Waals surface area contributed by atoms with Crippen molar-refractivity contribution in [3.8, 4) is 0 Å². The third-order valence-corrected chi connectivity index (χ3v) is 10.9. The molecule has 0 radical (unpaired) electrons. The fourth-order valence-corrected chi connectivity index (χ4v) is 9.32. The maximum Gasteiger partial charge on any atom is 0.00418 e. The molecular formula is C27H49N. The van der Waals surface area contributed by atoms with Crippen molar-refractivity contribution >= 4 is 0 Å². The molecule has 0 heterocycles. The molecule has 0 bridgehead atoms. The van der Waals surface area contributed by atoms with Gasteiger partial charge in [0.1, 0.15) is 0 Å². The predicted octanol–water partition coefficient (Wildman–Crippen LogP) is 7.44. The summed E-state index contributed by atoms with van der Waals surface area (Å²) >= 11 is 0. The van der Waals surface area contributed by atoms with Crippen LogP contribution in [0.1, 0.15) is 112 Å². The Kier molecular flexibility index (Phi) is 5.98. The fraction of sp³-hybridized carbons (Fsp3) is 1.00. The molecule has 4 rings (SSSR count). The van der Waals surface area contributed by atoms with E-state index in [1.807, 2.05) is 0 Å². The molecule has 2 N–H and O–H groups in total. The van der Waals surface area contributed by atoms with E-state index in [0.717, 1.165) is 41.4 Å². The van der Waals surface area contributed by atoms with Crippen molar-refractivity contribution in [2.45, 2.75) is 118 Å². The zero-order chi connectivity index (χ0) is 20.1. The minimum absolute atomic E-state index is 0.492. The van der Waals surface area contributed by atoms with E-state index in [4.69, 9.17) is 5.73 Å². The maximum absolute atomic E-state index is 6.39. The topological polar surface area (TPSA) is 26.0 Å².